The first-order valence-corrected chi connectivity index (χ1v) is 3.45. The molecule has 0 heterocycles. The number of aliphatic hydroxyl groups is 1. The Balaban J connectivity index is 3.44. The molecule has 0 aliphatic carbocycles. The summed E-state index contributed by atoms with van der Waals surface area (Å²) in [6.45, 7) is 7.43. The quantitative estimate of drug-likeness (QED) is 0.575. The van der Waals surface area contributed by atoms with E-state index >= 15 is 0 Å². The van der Waals surface area contributed by atoms with Crippen LogP contribution in [0.25, 0.3) is 0 Å². The van der Waals surface area contributed by atoms with E-state index < -0.39 is 5.60 Å². The summed E-state index contributed by atoms with van der Waals surface area (Å²) < 4.78 is 0. The molecule has 0 spiro atoms. The van der Waals surface area contributed by atoms with Crippen molar-refractivity contribution in [3.63, 3.8) is 0 Å². The Morgan fingerprint density at radius 2 is 2.22 bits per heavy atom. The van der Waals surface area contributed by atoms with Crippen molar-refractivity contribution in [2.75, 3.05) is 0 Å². The highest BCUT2D eigenvalue weighted by Gasteiger charge is 2.14. The highest BCUT2D eigenvalue weighted by molar-refractivity contribution is 4.76. The van der Waals surface area contributed by atoms with Crippen LogP contribution in [0.5, 0.6) is 0 Å². The molecule has 1 heteroatoms. The molecule has 0 amide bonds. The second-order valence-electron chi connectivity index (χ2n) is 2.68. The first-order valence-electron chi connectivity index (χ1n) is 3.45. The van der Waals surface area contributed by atoms with Crippen LogP contribution >= 0.6 is 0 Å². The monoisotopic (exact) mass is 128 g/mol. The van der Waals surface area contributed by atoms with Gasteiger partial charge in [0.05, 0.1) is 5.60 Å². The molecule has 0 aromatic heterocycles. The van der Waals surface area contributed by atoms with E-state index in [4.69, 9.17) is 0 Å². The molecule has 9 heavy (non-hydrogen) atoms. The molecule has 0 saturated carbocycles. The molecule has 0 radical (unpaired) electrons. The third-order valence-corrected chi connectivity index (χ3v) is 1.65. The van der Waals surface area contributed by atoms with Gasteiger partial charge in [0.2, 0.25) is 0 Å². The molecular formula is C8H16O. The van der Waals surface area contributed by atoms with Crippen LogP contribution in [0.2, 0.25) is 0 Å². The average molecular weight is 128 g/mol. The van der Waals surface area contributed by atoms with E-state index in [1.807, 2.05) is 19.9 Å². The third kappa shape index (κ3) is 4.22. The topological polar surface area (TPSA) is 20.2 Å². The smallest absolute Gasteiger partial charge is 0.0620 e. The van der Waals surface area contributed by atoms with Gasteiger partial charge in [-0.05, 0) is 26.2 Å². The lowest BCUT2D eigenvalue weighted by atomic mass is 9.97. The fraction of sp³-hybridized carbons (Fsp3) is 0.750. The van der Waals surface area contributed by atoms with Gasteiger partial charge in [-0.1, -0.05) is 13.0 Å². The van der Waals surface area contributed by atoms with Gasteiger partial charge in [0.25, 0.3) is 0 Å². The third-order valence-electron chi connectivity index (χ3n) is 1.65. The van der Waals surface area contributed by atoms with E-state index in [2.05, 4.69) is 6.58 Å². The van der Waals surface area contributed by atoms with Gasteiger partial charge in [-0.2, -0.15) is 0 Å². The van der Waals surface area contributed by atoms with Gasteiger partial charge >= 0.3 is 0 Å². The van der Waals surface area contributed by atoms with E-state index in [-0.39, 0.29) is 0 Å². The molecule has 0 fully saturated rings. The Bertz CT molecular complexity index is 84.6. The molecule has 0 aliphatic heterocycles. The minimum absolute atomic E-state index is 0.478. The van der Waals surface area contributed by atoms with Crippen LogP contribution in [0, 0.1) is 0 Å². The first-order chi connectivity index (χ1) is 4.12. The lowest BCUT2D eigenvalue weighted by Crippen LogP contribution is -2.21. The summed E-state index contributed by atoms with van der Waals surface area (Å²) in [7, 11) is 0. The second kappa shape index (κ2) is 3.67. The predicted octanol–water partition coefficient (Wildman–Crippen LogP) is 2.11. The summed E-state index contributed by atoms with van der Waals surface area (Å²) in [5, 5.41) is 9.41. The molecule has 0 aromatic rings. The molecule has 0 bridgehead atoms. The number of hydrogen-bond donors (Lipinski definition) is 1. The Morgan fingerprint density at radius 3 is 2.56 bits per heavy atom. The van der Waals surface area contributed by atoms with Crippen molar-refractivity contribution >= 4 is 0 Å². The summed E-state index contributed by atoms with van der Waals surface area (Å²) in [5.41, 5.74) is -0.478. The fourth-order valence-corrected chi connectivity index (χ4v) is 0.590. The van der Waals surface area contributed by atoms with Crippen LogP contribution in [0.3, 0.4) is 0 Å². The van der Waals surface area contributed by atoms with Crippen molar-refractivity contribution in [3.05, 3.63) is 12.7 Å². The number of hydrogen-bond acceptors (Lipinski definition) is 1. The number of rotatable bonds is 4. The van der Waals surface area contributed by atoms with Crippen LogP contribution in [-0.2, 0) is 0 Å². The van der Waals surface area contributed by atoms with Crippen LogP contribution in [0.1, 0.15) is 33.1 Å². The van der Waals surface area contributed by atoms with E-state index in [1.165, 1.54) is 0 Å². The SMILES string of the molecule is C=CCCC(C)(O)CC. The highest BCUT2D eigenvalue weighted by Crippen LogP contribution is 2.15. The Hall–Kier alpha value is -0.300. The molecule has 1 unspecified atom stereocenters. The van der Waals surface area contributed by atoms with Crippen molar-refractivity contribution < 1.29 is 5.11 Å². The van der Waals surface area contributed by atoms with Crippen molar-refractivity contribution in [2.45, 2.75) is 38.7 Å². The lowest BCUT2D eigenvalue weighted by molar-refractivity contribution is 0.0480. The minimum atomic E-state index is -0.478. The largest absolute Gasteiger partial charge is 0.390 e. The molecule has 54 valence electrons. The van der Waals surface area contributed by atoms with Crippen molar-refractivity contribution in [3.8, 4) is 0 Å². The van der Waals surface area contributed by atoms with Crippen LogP contribution in [0.4, 0.5) is 0 Å². The summed E-state index contributed by atoms with van der Waals surface area (Å²) in [5.74, 6) is 0. The van der Waals surface area contributed by atoms with Gasteiger partial charge in [0.15, 0.2) is 0 Å². The summed E-state index contributed by atoms with van der Waals surface area (Å²) >= 11 is 0. The van der Waals surface area contributed by atoms with Gasteiger partial charge in [-0.25, -0.2) is 0 Å². The van der Waals surface area contributed by atoms with Crippen molar-refractivity contribution in [2.24, 2.45) is 0 Å². The lowest BCUT2D eigenvalue weighted by Gasteiger charge is -2.19. The van der Waals surface area contributed by atoms with Crippen LogP contribution in [0.15, 0.2) is 12.7 Å². The van der Waals surface area contributed by atoms with E-state index in [1.54, 1.807) is 0 Å². The highest BCUT2D eigenvalue weighted by atomic mass is 16.3. The van der Waals surface area contributed by atoms with E-state index in [9.17, 15) is 5.11 Å². The zero-order chi connectivity index (χ0) is 7.33. The molecule has 1 N–H and O–H groups in total. The summed E-state index contributed by atoms with van der Waals surface area (Å²) in [6, 6.07) is 0. The zero-order valence-corrected chi connectivity index (χ0v) is 6.35. The minimum Gasteiger partial charge on any atom is -0.390 e. The van der Waals surface area contributed by atoms with Crippen molar-refractivity contribution in [1.29, 1.82) is 0 Å². The molecule has 1 atom stereocenters. The normalized spacial score (nSPS) is 16.8. The fourth-order valence-electron chi connectivity index (χ4n) is 0.590. The average Bonchev–Trinajstić information content (AvgIpc) is 1.84. The van der Waals surface area contributed by atoms with Gasteiger partial charge < -0.3 is 5.11 Å². The maximum absolute atomic E-state index is 9.41. The van der Waals surface area contributed by atoms with Gasteiger partial charge in [-0.3, -0.25) is 0 Å². The molecule has 1 nitrogen and oxygen atoms in total. The van der Waals surface area contributed by atoms with E-state index in [0.717, 1.165) is 19.3 Å². The standard InChI is InChI=1S/C8H16O/c1-4-6-7-8(3,9)5-2/h4,9H,1,5-7H2,2-3H3. The Labute approximate surface area is 57.4 Å². The summed E-state index contributed by atoms with van der Waals surface area (Å²) in [4.78, 5) is 0. The Kier molecular flexibility index (Phi) is 3.55. The van der Waals surface area contributed by atoms with Crippen LogP contribution < -0.4 is 0 Å². The van der Waals surface area contributed by atoms with Gasteiger partial charge in [-0.15, -0.1) is 6.58 Å². The zero-order valence-electron chi connectivity index (χ0n) is 6.35. The Morgan fingerprint density at radius 1 is 1.67 bits per heavy atom. The molecular weight excluding hydrogens is 112 g/mol. The molecule has 0 rings (SSSR count). The number of allylic oxidation sites excluding steroid dienone is 1. The molecule has 0 saturated heterocycles. The van der Waals surface area contributed by atoms with E-state index in [0.29, 0.717) is 0 Å². The second-order valence-corrected chi connectivity index (χ2v) is 2.68. The maximum Gasteiger partial charge on any atom is 0.0620 e. The predicted molar refractivity (Wildman–Crippen MR) is 40.3 cm³/mol. The van der Waals surface area contributed by atoms with Crippen molar-refractivity contribution in [1.82, 2.24) is 0 Å². The first kappa shape index (κ1) is 8.70. The maximum atomic E-state index is 9.41. The molecule has 0 aliphatic rings. The van der Waals surface area contributed by atoms with Gasteiger partial charge in [0.1, 0.15) is 0 Å². The summed E-state index contributed by atoms with van der Waals surface area (Å²) in [6.07, 6.45) is 4.39. The molecule has 0 aromatic carbocycles. The van der Waals surface area contributed by atoms with Gasteiger partial charge in [0, 0.05) is 0 Å². The van der Waals surface area contributed by atoms with Crippen LogP contribution in [-0.4, -0.2) is 10.7 Å².